The quantitative estimate of drug-likeness (QED) is 0.364. The van der Waals surface area contributed by atoms with Crippen LogP contribution in [0.5, 0.6) is 17.4 Å². The number of thiocarbonyl (C=S) groups is 1. The van der Waals surface area contributed by atoms with Gasteiger partial charge in [-0.05, 0) is 60.5 Å². The molecule has 0 radical (unpaired) electrons. The first-order valence-corrected chi connectivity index (χ1v) is 9.75. The molecular weight excluding hydrogens is 382 g/mol. The fourth-order valence-electron chi connectivity index (χ4n) is 2.87. The summed E-state index contributed by atoms with van der Waals surface area (Å²) in [5.41, 5.74) is 3.19. The molecule has 3 aromatic rings. The molecule has 5 nitrogen and oxygen atoms in total. The maximum Gasteiger partial charge on any atom is 0.243 e. The summed E-state index contributed by atoms with van der Waals surface area (Å²) in [6.45, 7) is 8.36. The number of rotatable bonds is 4. The van der Waals surface area contributed by atoms with Crippen molar-refractivity contribution in [3.05, 3.63) is 71.9 Å². The standard InChI is InChI=1S/C23H25N3O2S/c1-15-11-12-19(27)18(14-15)26-22(29)25-17-9-7-13-24-21(17)28-20-10-6-5-8-16(20)23(2,3)4/h5-14,27H,1-4H3,(H2,25,26,29). The van der Waals surface area contributed by atoms with Gasteiger partial charge in [0.25, 0.3) is 0 Å². The Labute approximate surface area is 176 Å². The van der Waals surface area contributed by atoms with Crippen molar-refractivity contribution in [3.8, 4) is 17.4 Å². The zero-order chi connectivity index (χ0) is 21.0. The maximum absolute atomic E-state index is 10.0. The Kier molecular flexibility index (Phi) is 6.03. The van der Waals surface area contributed by atoms with E-state index < -0.39 is 0 Å². The average molecular weight is 408 g/mol. The monoisotopic (exact) mass is 407 g/mol. The van der Waals surface area contributed by atoms with Gasteiger partial charge in [0.1, 0.15) is 17.2 Å². The number of anilines is 2. The lowest BCUT2D eigenvalue weighted by molar-refractivity contribution is 0.442. The highest BCUT2D eigenvalue weighted by molar-refractivity contribution is 7.80. The summed E-state index contributed by atoms with van der Waals surface area (Å²) in [7, 11) is 0. The van der Waals surface area contributed by atoms with E-state index >= 15 is 0 Å². The minimum absolute atomic E-state index is 0.0709. The molecule has 150 valence electrons. The van der Waals surface area contributed by atoms with E-state index in [9.17, 15) is 5.11 Å². The number of phenolic OH excluding ortho intramolecular Hbond substituents is 1. The van der Waals surface area contributed by atoms with Crippen LogP contribution in [0.1, 0.15) is 31.9 Å². The Morgan fingerprint density at radius 3 is 2.48 bits per heavy atom. The number of aromatic nitrogens is 1. The van der Waals surface area contributed by atoms with E-state index in [1.165, 1.54) is 0 Å². The van der Waals surface area contributed by atoms with Crippen LogP contribution in [0.4, 0.5) is 11.4 Å². The van der Waals surface area contributed by atoms with Crippen LogP contribution in [0.3, 0.4) is 0 Å². The third-order valence-electron chi connectivity index (χ3n) is 4.32. The van der Waals surface area contributed by atoms with Crippen molar-refractivity contribution in [1.29, 1.82) is 0 Å². The summed E-state index contributed by atoms with van der Waals surface area (Å²) in [6, 6.07) is 16.8. The Morgan fingerprint density at radius 1 is 1.00 bits per heavy atom. The normalized spacial score (nSPS) is 11.0. The molecule has 0 bridgehead atoms. The third kappa shape index (κ3) is 5.23. The lowest BCUT2D eigenvalue weighted by Gasteiger charge is -2.23. The van der Waals surface area contributed by atoms with Gasteiger partial charge in [-0.1, -0.05) is 45.0 Å². The number of nitrogens with one attached hydrogen (secondary N) is 2. The van der Waals surface area contributed by atoms with Crippen molar-refractivity contribution >= 4 is 28.7 Å². The van der Waals surface area contributed by atoms with E-state index in [1.54, 1.807) is 18.3 Å². The summed E-state index contributed by atoms with van der Waals surface area (Å²) in [5, 5.41) is 16.5. The van der Waals surface area contributed by atoms with Gasteiger partial charge < -0.3 is 20.5 Å². The number of para-hydroxylation sites is 1. The number of ether oxygens (including phenoxy) is 1. The molecule has 2 aromatic carbocycles. The van der Waals surface area contributed by atoms with E-state index in [0.29, 0.717) is 22.4 Å². The molecule has 0 spiro atoms. The Hall–Kier alpha value is -3.12. The summed E-state index contributed by atoms with van der Waals surface area (Å²) < 4.78 is 6.15. The zero-order valence-electron chi connectivity index (χ0n) is 17.0. The molecule has 0 aliphatic heterocycles. The van der Waals surface area contributed by atoms with Crippen molar-refractivity contribution < 1.29 is 9.84 Å². The first-order valence-electron chi connectivity index (χ1n) is 9.34. The second-order valence-corrected chi connectivity index (χ2v) is 8.21. The topological polar surface area (TPSA) is 66.4 Å². The lowest BCUT2D eigenvalue weighted by Crippen LogP contribution is -2.20. The van der Waals surface area contributed by atoms with Crippen molar-refractivity contribution in [2.24, 2.45) is 0 Å². The first kappa shape index (κ1) is 20.6. The van der Waals surface area contributed by atoms with Crippen LogP contribution in [0.25, 0.3) is 0 Å². The van der Waals surface area contributed by atoms with Crippen LogP contribution in [0.15, 0.2) is 60.8 Å². The van der Waals surface area contributed by atoms with Gasteiger partial charge in [0, 0.05) is 11.8 Å². The average Bonchev–Trinajstić information content (AvgIpc) is 2.66. The lowest BCUT2D eigenvalue weighted by atomic mass is 9.86. The van der Waals surface area contributed by atoms with Crippen LogP contribution in [-0.2, 0) is 5.41 Å². The van der Waals surface area contributed by atoms with Gasteiger partial charge in [-0.2, -0.15) is 0 Å². The predicted molar refractivity (Wildman–Crippen MR) is 122 cm³/mol. The van der Waals surface area contributed by atoms with Crippen LogP contribution in [0, 0.1) is 6.92 Å². The zero-order valence-corrected chi connectivity index (χ0v) is 17.8. The van der Waals surface area contributed by atoms with E-state index in [4.69, 9.17) is 17.0 Å². The number of hydrogen-bond acceptors (Lipinski definition) is 4. The van der Waals surface area contributed by atoms with Crippen LogP contribution >= 0.6 is 12.2 Å². The fraction of sp³-hybridized carbons (Fsp3) is 0.217. The summed E-state index contributed by atoms with van der Waals surface area (Å²) in [6.07, 6.45) is 1.67. The second kappa shape index (κ2) is 8.49. The molecule has 6 heteroatoms. The molecule has 0 unspecified atom stereocenters. The number of aromatic hydroxyl groups is 1. The van der Waals surface area contributed by atoms with Crippen LogP contribution in [0.2, 0.25) is 0 Å². The molecular formula is C23H25N3O2S. The molecule has 0 amide bonds. The van der Waals surface area contributed by atoms with Crippen molar-refractivity contribution in [2.45, 2.75) is 33.1 Å². The third-order valence-corrected chi connectivity index (χ3v) is 4.53. The molecule has 0 atom stereocenters. The largest absolute Gasteiger partial charge is 0.506 e. The van der Waals surface area contributed by atoms with Crippen molar-refractivity contribution in [1.82, 2.24) is 4.98 Å². The van der Waals surface area contributed by atoms with E-state index in [2.05, 4.69) is 42.5 Å². The van der Waals surface area contributed by atoms with Gasteiger partial charge in [-0.15, -0.1) is 0 Å². The molecule has 0 aliphatic carbocycles. The fourth-order valence-corrected chi connectivity index (χ4v) is 3.09. The smallest absolute Gasteiger partial charge is 0.243 e. The van der Waals surface area contributed by atoms with Crippen molar-refractivity contribution in [2.75, 3.05) is 10.6 Å². The minimum Gasteiger partial charge on any atom is -0.506 e. The number of hydrogen-bond donors (Lipinski definition) is 3. The first-order chi connectivity index (χ1) is 13.7. The number of benzene rings is 2. The number of nitrogens with zero attached hydrogens (tertiary/aromatic N) is 1. The van der Waals surface area contributed by atoms with Gasteiger partial charge in [-0.3, -0.25) is 0 Å². The summed E-state index contributed by atoms with van der Waals surface area (Å²) in [4.78, 5) is 4.37. The molecule has 3 rings (SSSR count). The molecule has 3 N–H and O–H groups in total. The SMILES string of the molecule is Cc1ccc(O)c(NC(=S)Nc2cccnc2Oc2ccccc2C(C)(C)C)c1. The number of aryl methyl sites for hydroxylation is 1. The van der Waals surface area contributed by atoms with Gasteiger partial charge >= 0.3 is 0 Å². The highest BCUT2D eigenvalue weighted by Crippen LogP contribution is 2.35. The van der Waals surface area contributed by atoms with E-state index in [0.717, 1.165) is 16.9 Å². The van der Waals surface area contributed by atoms with Crippen molar-refractivity contribution in [3.63, 3.8) is 0 Å². The Bertz CT molecular complexity index is 1030. The predicted octanol–water partition coefficient (Wildman–Crippen LogP) is 5.99. The van der Waals surface area contributed by atoms with Gasteiger partial charge in [0.05, 0.1) is 5.69 Å². The molecule has 29 heavy (non-hydrogen) atoms. The van der Waals surface area contributed by atoms with Gasteiger partial charge in [-0.25, -0.2) is 4.98 Å². The Balaban J connectivity index is 1.81. The molecule has 1 heterocycles. The molecule has 1 aromatic heterocycles. The van der Waals surface area contributed by atoms with E-state index in [1.807, 2.05) is 43.3 Å². The minimum atomic E-state index is -0.0709. The number of phenols is 1. The Morgan fingerprint density at radius 2 is 1.72 bits per heavy atom. The van der Waals surface area contributed by atoms with E-state index in [-0.39, 0.29) is 11.2 Å². The van der Waals surface area contributed by atoms with Crippen LogP contribution in [-0.4, -0.2) is 15.2 Å². The maximum atomic E-state index is 10.0. The van der Waals surface area contributed by atoms with Gasteiger partial charge in [0.15, 0.2) is 5.11 Å². The highest BCUT2D eigenvalue weighted by Gasteiger charge is 2.20. The molecule has 0 fully saturated rings. The number of pyridine rings is 1. The summed E-state index contributed by atoms with van der Waals surface area (Å²) >= 11 is 5.41. The second-order valence-electron chi connectivity index (χ2n) is 7.80. The van der Waals surface area contributed by atoms with Gasteiger partial charge in [0.2, 0.25) is 5.88 Å². The molecule has 0 saturated heterocycles. The summed E-state index contributed by atoms with van der Waals surface area (Å²) in [5.74, 6) is 1.29. The highest BCUT2D eigenvalue weighted by atomic mass is 32.1. The molecule has 0 aliphatic rings. The van der Waals surface area contributed by atoms with Crippen LogP contribution < -0.4 is 15.4 Å². The molecule has 0 saturated carbocycles.